The third-order valence-corrected chi connectivity index (χ3v) is 15.6. The Morgan fingerprint density at radius 3 is 1.50 bits per heavy atom. The summed E-state index contributed by atoms with van der Waals surface area (Å²) in [6.45, 7) is 3.63. The zero-order chi connectivity index (χ0) is 51.3. The molecule has 70 heavy (non-hydrogen) atoms. The molecule has 4 aromatic rings. The molecule has 4 heterocycles. The number of rotatable bonds is 21. The molecular weight excluding hydrogens is 990 g/mol. The molecule has 27 heteroatoms. The van der Waals surface area contributed by atoms with Gasteiger partial charge in [0.05, 0.1) is 43.5 Å². The van der Waals surface area contributed by atoms with Crippen molar-refractivity contribution in [3.63, 3.8) is 0 Å². The van der Waals surface area contributed by atoms with Crippen LogP contribution in [0.4, 0.5) is 41.1 Å². The summed E-state index contributed by atoms with van der Waals surface area (Å²) in [5.74, 6) is -7.10. The zero-order valence-electron chi connectivity index (χ0n) is 38.6. The summed E-state index contributed by atoms with van der Waals surface area (Å²) in [4.78, 5) is 41.9. The number of piperidine rings is 2. The van der Waals surface area contributed by atoms with E-state index in [4.69, 9.17) is 37.6 Å². The number of benzene rings is 2. The van der Waals surface area contributed by atoms with Crippen LogP contribution in [-0.2, 0) is 20.0 Å². The molecule has 8 N–H and O–H groups in total. The minimum atomic E-state index is -3.40. The highest BCUT2D eigenvalue weighted by Gasteiger charge is 2.31. The van der Waals surface area contributed by atoms with Crippen molar-refractivity contribution in [3.8, 4) is 11.5 Å². The molecule has 0 bridgehead atoms. The van der Waals surface area contributed by atoms with Gasteiger partial charge in [-0.3, -0.25) is 9.59 Å². The number of carbonyl (C=O) groups excluding carboxylic acids is 2. The monoisotopic (exact) mass is 1050 g/mol. The van der Waals surface area contributed by atoms with E-state index in [2.05, 4.69) is 35.9 Å². The van der Waals surface area contributed by atoms with Crippen molar-refractivity contribution >= 4 is 66.7 Å². The summed E-state index contributed by atoms with van der Waals surface area (Å²) < 4.78 is 119. The van der Waals surface area contributed by atoms with Gasteiger partial charge < -0.3 is 42.0 Å². The molecule has 2 fully saturated rings. The zero-order valence-corrected chi connectivity index (χ0v) is 40.9. The number of carbonyl (C=O) groups is 2. The molecule has 0 saturated carbocycles. The van der Waals surface area contributed by atoms with Gasteiger partial charge in [-0.05, 0) is 76.3 Å². The number of halogens is 5. The summed E-state index contributed by atoms with van der Waals surface area (Å²) in [6, 6.07) is 3.67. The van der Waals surface area contributed by atoms with Gasteiger partial charge in [-0.25, -0.2) is 53.0 Å². The Labute approximate surface area is 408 Å². The first-order chi connectivity index (χ1) is 33.2. The number of anilines is 4. The van der Waals surface area contributed by atoms with Crippen molar-refractivity contribution in [2.75, 3.05) is 93.0 Å². The fourth-order valence-corrected chi connectivity index (χ4v) is 10.8. The average Bonchev–Trinajstić information content (AvgIpc) is 3.34. The molecule has 0 spiro atoms. The Morgan fingerprint density at radius 2 is 1.14 bits per heavy atom. The highest BCUT2D eigenvalue weighted by atomic mass is 35.5. The molecule has 1 atom stereocenters. The molecule has 0 amide bonds. The van der Waals surface area contributed by atoms with Crippen molar-refractivity contribution < 1.29 is 58.6 Å². The smallest absolute Gasteiger partial charge is 0.224 e. The Hall–Kier alpha value is -5.51. The first-order valence-corrected chi connectivity index (χ1v) is 25.8. The van der Waals surface area contributed by atoms with Gasteiger partial charge in [0.1, 0.15) is 34.3 Å². The first-order valence-electron chi connectivity index (χ1n) is 22.0. The maximum Gasteiger partial charge on any atom is 0.224 e. The van der Waals surface area contributed by atoms with Crippen LogP contribution in [0.25, 0.3) is 0 Å². The van der Waals surface area contributed by atoms with E-state index in [-0.39, 0.29) is 88.3 Å². The lowest BCUT2D eigenvalue weighted by molar-refractivity contribution is 0.102. The van der Waals surface area contributed by atoms with Gasteiger partial charge in [-0.15, -0.1) is 11.6 Å². The Bertz CT molecular complexity index is 2700. The van der Waals surface area contributed by atoms with Crippen molar-refractivity contribution in [1.82, 2.24) is 33.9 Å². The number of nitrogens with one attached hydrogen (secondary N) is 3. The average molecular weight is 1050 g/mol. The molecule has 0 aliphatic carbocycles. The van der Waals surface area contributed by atoms with Gasteiger partial charge in [0.2, 0.25) is 43.5 Å². The van der Waals surface area contributed by atoms with Gasteiger partial charge in [0, 0.05) is 62.6 Å². The lowest BCUT2D eigenvalue weighted by atomic mass is 10.0. The second kappa shape index (κ2) is 25.0. The fourth-order valence-electron chi connectivity index (χ4n) is 7.46. The number of alkyl halides is 1. The number of ketones is 2. The molecule has 1 unspecified atom stereocenters. The molecule has 2 aromatic heterocycles. The standard InChI is InChI=1S/C23H32F2N6O5S.C20H24ClF2N5O4S/c1-14(13-32)27-8-3-11-37(34,35)31-9-6-15(7-10-31)29-23-28-12-16(22(26)30-23)21(33)19-18(36-2)5-4-17(24)20(19)25;1-32-15-4-3-14(22)17(23)16(15)18(29)13-11-25-20(27-19(13)24)26-12-5-8-28(9-6-12)33(30,31)10-2-7-21/h4-5,12,14-15,27,32H,3,6-11,13H2,1-2H3,(H3,26,28,29,30);3-4,11-12H,2,5-10H2,1H3,(H3,24,25,26,27). The van der Waals surface area contributed by atoms with Crippen LogP contribution in [0.5, 0.6) is 11.5 Å². The predicted octanol–water partition coefficient (Wildman–Crippen LogP) is 3.55. The van der Waals surface area contributed by atoms with Crippen LogP contribution in [0.3, 0.4) is 0 Å². The maximum atomic E-state index is 14.3. The second-order valence-corrected chi connectivity index (χ2v) is 20.8. The van der Waals surface area contributed by atoms with Crippen LogP contribution in [0.15, 0.2) is 36.7 Å². The van der Waals surface area contributed by atoms with Crippen molar-refractivity contribution in [2.45, 2.75) is 63.6 Å². The summed E-state index contributed by atoms with van der Waals surface area (Å²) in [5.41, 5.74) is 10.2. The maximum absolute atomic E-state index is 14.3. The summed E-state index contributed by atoms with van der Waals surface area (Å²) >= 11 is 5.59. The quantitative estimate of drug-likeness (QED) is 0.0301. The molecule has 2 aliphatic rings. The summed E-state index contributed by atoms with van der Waals surface area (Å²) in [7, 11) is -4.28. The molecule has 6 rings (SSSR count). The van der Waals surface area contributed by atoms with Gasteiger partial charge in [0.15, 0.2) is 23.3 Å². The highest BCUT2D eigenvalue weighted by Crippen LogP contribution is 2.30. The van der Waals surface area contributed by atoms with E-state index in [0.29, 0.717) is 71.2 Å². The van der Waals surface area contributed by atoms with Crippen molar-refractivity contribution in [3.05, 3.63) is 82.2 Å². The van der Waals surface area contributed by atoms with Crippen molar-refractivity contribution in [1.29, 1.82) is 0 Å². The number of nitrogen functional groups attached to an aromatic ring is 2. The van der Waals surface area contributed by atoms with Crippen LogP contribution in [0, 0.1) is 23.3 Å². The van der Waals surface area contributed by atoms with Crippen LogP contribution < -0.4 is 36.9 Å². The van der Waals surface area contributed by atoms with Crippen molar-refractivity contribution in [2.24, 2.45) is 0 Å². The van der Waals surface area contributed by atoms with E-state index in [9.17, 15) is 44.0 Å². The molecule has 20 nitrogen and oxygen atoms in total. The first kappa shape index (κ1) is 55.4. The number of hydrogen-bond donors (Lipinski definition) is 6. The molecule has 0 radical (unpaired) electrons. The van der Waals surface area contributed by atoms with Gasteiger partial charge in [0.25, 0.3) is 0 Å². The third-order valence-electron chi connectivity index (χ3n) is 11.4. The number of aliphatic hydroxyl groups excluding tert-OH is 1. The normalized spacial score (nSPS) is 15.7. The van der Waals surface area contributed by atoms with Gasteiger partial charge in [-0.2, -0.15) is 9.97 Å². The summed E-state index contributed by atoms with van der Waals surface area (Å²) in [6.07, 6.45) is 5.15. The van der Waals surface area contributed by atoms with Crippen LogP contribution in [0.1, 0.15) is 77.3 Å². The Kier molecular flexibility index (Phi) is 19.8. The van der Waals surface area contributed by atoms with Crippen LogP contribution in [0.2, 0.25) is 0 Å². The predicted molar refractivity (Wildman–Crippen MR) is 254 cm³/mol. The Morgan fingerprint density at radius 1 is 0.743 bits per heavy atom. The van der Waals surface area contributed by atoms with Crippen LogP contribution in [-0.4, -0.2) is 151 Å². The summed E-state index contributed by atoms with van der Waals surface area (Å²) in [5, 5.41) is 18.2. The number of nitrogens with two attached hydrogens (primary N) is 2. The largest absolute Gasteiger partial charge is 0.496 e. The number of methoxy groups -OCH3 is 2. The van der Waals surface area contributed by atoms with Crippen LogP contribution >= 0.6 is 11.6 Å². The molecular formula is C43H56ClF4N11O9S2. The van der Waals surface area contributed by atoms with Gasteiger partial charge in [-0.1, -0.05) is 0 Å². The lowest BCUT2D eigenvalue weighted by Gasteiger charge is -2.31. The lowest BCUT2D eigenvalue weighted by Crippen LogP contribution is -2.43. The fraction of sp³-hybridized carbons (Fsp3) is 0.488. The van der Waals surface area contributed by atoms with E-state index in [0.717, 1.165) is 36.7 Å². The molecule has 2 aromatic carbocycles. The highest BCUT2D eigenvalue weighted by molar-refractivity contribution is 7.89. The van der Waals surface area contributed by atoms with Gasteiger partial charge >= 0.3 is 0 Å². The third kappa shape index (κ3) is 14.1. The van der Waals surface area contributed by atoms with E-state index in [1.165, 1.54) is 22.8 Å². The number of nitrogens with zero attached hydrogens (tertiary/aromatic N) is 6. The van der Waals surface area contributed by atoms with E-state index < -0.39 is 66.0 Å². The minimum Gasteiger partial charge on any atom is -0.496 e. The second-order valence-electron chi connectivity index (χ2n) is 16.2. The van der Waals surface area contributed by atoms with E-state index >= 15 is 0 Å². The number of ether oxygens (including phenoxy) is 2. The minimum absolute atomic E-state index is 0.0119. The molecule has 384 valence electrons. The number of aromatic nitrogens is 4. The molecule has 2 saturated heterocycles. The Balaban J connectivity index is 0.000000262. The topological polar surface area (TPSA) is 287 Å². The number of aliphatic hydroxyl groups is 1. The number of sulfonamides is 2. The van der Waals surface area contributed by atoms with E-state index in [1.807, 2.05) is 6.92 Å². The van der Waals surface area contributed by atoms with E-state index in [1.54, 1.807) is 0 Å². The SMILES string of the molecule is COc1ccc(F)c(F)c1C(=O)c1cnc(NC2CCN(S(=O)(=O)CCCCl)CC2)nc1N.COc1ccc(F)c(F)c1C(=O)c1cnc(NC2CCN(S(=O)(=O)CCCNC(C)CO)CC2)nc1N. The molecule has 2 aliphatic heterocycles. The number of hydrogen-bond acceptors (Lipinski definition) is 18.